The molecule has 3 aromatic carbocycles. The van der Waals surface area contributed by atoms with Gasteiger partial charge in [0.25, 0.3) is 0 Å². The summed E-state index contributed by atoms with van der Waals surface area (Å²) >= 11 is 0. The van der Waals surface area contributed by atoms with Gasteiger partial charge in [-0.05, 0) is 46.2 Å². The molecular formula is C26H29N. The van der Waals surface area contributed by atoms with E-state index in [2.05, 4.69) is 113 Å². The Morgan fingerprint density at radius 2 is 1.22 bits per heavy atom. The molecule has 138 valence electrons. The second kappa shape index (κ2) is 5.99. The largest absolute Gasteiger partial charge is 0.309 e. The Morgan fingerprint density at radius 1 is 0.593 bits per heavy atom. The topological polar surface area (TPSA) is 4.93 Å². The average molecular weight is 356 g/mol. The third-order valence-electron chi connectivity index (χ3n) is 5.50. The van der Waals surface area contributed by atoms with Crippen molar-refractivity contribution in [3.63, 3.8) is 0 Å². The smallest absolute Gasteiger partial charge is 0.0544 e. The number of benzene rings is 3. The number of hydrogen-bond acceptors (Lipinski definition) is 0. The summed E-state index contributed by atoms with van der Waals surface area (Å²) in [7, 11) is 0. The van der Waals surface area contributed by atoms with Crippen LogP contribution in [-0.4, -0.2) is 4.57 Å². The molecule has 0 unspecified atom stereocenters. The van der Waals surface area contributed by atoms with Gasteiger partial charge in [0.1, 0.15) is 0 Å². The minimum Gasteiger partial charge on any atom is -0.309 e. The molecule has 0 fully saturated rings. The summed E-state index contributed by atoms with van der Waals surface area (Å²) in [6.45, 7) is 13.7. The molecule has 4 aromatic rings. The first-order valence-corrected chi connectivity index (χ1v) is 9.81. The molecule has 1 heteroatoms. The number of hydrogen-bond donors (Lipinski definition) is 0. The molecule has 0 spiro atoms. The van der Waals surface area contributed by atoms with E-state index in [1.807, 2.05) is 0 Å². The maximum absolute atomic E-state index is 2.41. The standard InChI is InChI=1S/C26H29N/c1-25(2,3)18-14-16-19(17-15-18)27-22-12-8-7-10-20(22)24-21(26(4,5)6)11-9-13-23(24)27/h7-17H,1-6H3. The van der Waals surface area contributed by atoms with Crippen LogP contribution in [0.15, 0.2) is 66.7 Å². The van der Waals surface area contributed by atoms with Crippen molar-refractivity contribution in [3.05, 3.63) is 77.9 Å². The predicted octanol–water partition coefficient (Wildman–Crippen LogP) is 7.38. The van der Waals surface area contributed by atoms with E-state index in [0.717, 1.165) is 0 Å². The van der Waals surface area contributed by atoms with E-state index < -0.39 is 0 Å². The Morgan fingerprint density at radius 3 is 1.85 bits per heavy atom. The summed E-state index contributed by atoms with van der Waals surface area (Å²) in [5.41, 5.74) is 6.81. The minimum absolute atomic E-state index is 0.102. The van der Waals surface area contributed by atoms with Gasteiger partial charge in [-0.1, -0.05) is 84.0 Å². The normalized spacial score (nSPS) is 12.8. The van der Waals surface area contributed by atoms with Crippen molar-refractivity contribution in [3.8, 4) is 5.69 Å². The number of fused-ring (bicyclic) bond motifs is 3. The molecule has 0 amide bonds. The van der Waals surface area contributed by atoms with E-state index in [1.54, 1.807) is 0 Å². The third-order valence-corrected chi connectivity index (χ3v) is 5.50. The summed E-state index contributed by atoms with van der Waals surface area (Å²) in [5.74, 6) is 0. The molecule has 4 rings (SSSR count). The Bertz CT molecular complexity index is 1110. The summed E-state index contributed by atoms with van der Waals surface area (Å²) in [6, 6.07) is 24.6. The molecule has 1 aromatic heterocycles. The lowest BCUT2D eigenvalue weighted by molar-refractivity contribution is 0.590. The minimum atomic E-state index is 0.102. The van der Waals surface area contributed by atoms with Crippen molar-refractivity contribution in [1.82, 2.24) is 4.57 Å². The van der Waals surface area contributed by atoms with Crippen LogP contribution in [0, 0.1) is 0 Å². The highest BCUT2D eigenvalue weighted by atomic mass is 15.0. The van der Waals surface area contributed by atoms with Gasteiger partial charge in [-0.3, -0.25) is 0 Å². The highest BCUT2D eigenvalue weighted by Gasteiger charge is 2.22. The first-order valence-electron chi connectivity index (χ1n) is 9.81. The SMILES string of the molecule is CC(C)(C)c1ccc(-n2c3ccccc3c3c(C(C)(C)C)cccc32)cc1. The highest BCUT2D eigenvalue weighted by molar-refractivity contribution is 6.11. The number of nitrogens with zero attached hydrogens (tertiary/aromatic N) is 1. The van der Waals surface area contributed by atoms with Gasteiger partial charge in [-0.25, -0.2) is 0 Å². The first-order chi connectivity index (χ1) is 12.7. The van der Waals surface area contributed by atoms with Gasteiger partial charge in [0, 0.05) is 16.5 Å². The summed E-state index contributed by atoms with van der Waals surface area (Å²) < 4.78 is 2.41. The Balaban J connectivity index is 2.06. The monoisotopic (exact) mass is 355 g/mol. The van der Waals surface area contributed by atoms with Crippen molar-refractivity contribution in [2.45, 2.75) is 52.4 Å². The fourth-order valence-corrected chi connectivity index (χ4v) is 4.03. The van der Waals surface area contributed by atoms with Gasteiger partial charge in [0.05, 0.1) is 11.0 Å². The molecule has 27 heavy (non-hydrogen) atoms. The van der Waals surface area contributed by atoms with Crippen LogP contribution in [0.5, 0.6) is 0 Å². The Kier molecular flexibility index (Phi) is 3.96. The van der Waals surface area contributed by atoms with E-state index >= 15 is 0 Å². The van der Waals surface area contributed by atoms with E-state index in [1.165, 1.54) is 38.6 Å². The van der Waals surface area contributed by atoms with Crippen LogP contribution in [0.3, 0.4) is 0 Å². The van der Waals surface area contributed by atoms with Crippen LogP contribution in [0.2, 0.25) is 0 Å². The molecule has 0 saturated carbocycles. The van der Waals surface area contributed by atoms with Gasteiger partial charge in [-0.2, -0.15) is 0 Å². The fourth-order valence-electron chi connectivity index (χ4n) is 4.03. The molecule has 1 heterocycles. The second-order valence-corrected chi connectivity index (χ2v) is 9.60. The van der Waals surface area contributed by atoms with Gasteiger partial charge in [-0.15, -0.1) is 0 Å². The third kappa shape index (κ3) is 2.96. The van der Waals surface area contributed by atoms with E-state index in [9.17, 15) is 0 Å². The van der Waals surface area contributed by atoms with Crippen molar-refractivity contribution >= 4 is 21.8 Å². The van der Waals surface area contributed by atoms with Crippen LogP contribution >= 0.6 is 0 Å². The molecule has 1 nitrogen and oxygen atoms in total. The maximum Gasteiger partial charge on any atom is 0.0544 e. The van der Waals surface area contributed by atoms with Crippen molar-refractivity contribution in [1.29, 1.82) is 0 Å². The zero-order valence-corrected chi connectivity index (χ0v) is 17.3. The van der Waals surface area contributed by atoms with E-state index in [0.29, 0.717) is 0 Å². The molecule has 0 saturated heterocycles. The van der Waals surface area contributed by atoms with Crippen molar-refractivity contribution in [2.24, 2.45) is 0 Å². The quantitative estimate of drug-likeness (QED) is 0.336. The van der Waals surface area contributed by atoms with E-state index in [-0.39, 0.29) is 10.8 Å². The van der Waals surface area contributed by atoms with Crippen LogP contribution < -0.4 is 0 Å². The number of rotatable bonds is 1. The average Bonchev–Trinajstić information content (AvgIpc) is 2.94. The van der Waals surface area contributed by atoms with Crippen LogP contribution in [0.25, 0.3) is 27.5 Å². The highest BCUT2D eigenvalue weighted by Crippen LogP contribution is 2.38. The van der Waals surface area contributed by atoms with Gasteiger partial charge in [0.2, 0.25) is 0 Å². The first kappa shape index (κ1) is 17.9. The summed E-state index contributed by atoms with van der Waals surface area (Å²) in [4.78, 5) is 0. The number of aromatic nitrogens is 1. The van der Waals surface area contributed by atoms with Crippen LogP contribution in [0.4, 0.5) is 0 Å². The second-order valence-electron chi connectivity index (χ2n) is 9.60. The summed E-state index contributed by atoms with van der Waals surface area (Å²) in [6.07, 6.45) is 0. The molecule has 0 bridgehead atoms. The Hall–Kier alpha value is -2.54. The molecule has 0 aliphatic carbocycles. The van der Waals surface area contributed by atoms with Crippen LogP contribution in [0.1, 0.15) is 52.7 Å². The lowest BCUT2D eigenvalue weighted by Crippen LogP contribution is -2.11. The molecule has 0 atom stereocenters. The Labute approximate surface area is 162 Å². The molecule has 0 aliphatic heterocycles. The maximum atomic E-state index is 2.41. The van der Waals surface area contributed by atoms with Gasteiger partial charge < -0.3 is 4.57 Å². The van der Waals surface area contributed by atoms with Gasteiger partial charge >= 0.3 is 0 Å². The lowest BCUT2D eigenvalue weighted by Gasteiger charge is -2.21. The molecular weight excluding hydrogens is 326 g/mol. The molecule has 0 radical (unpaired) electrons. The van der Waals surface area contributed by atoms with E-state index in [4.69, 9.17) is 0 Å². The molecule has 0 aliphatic rings. The van der Waals surface area contributed by atoms with Gasteiger partial charge in [0.15, 0.2) is 0 Å². The zero-order chi connectivity index (χ0) is 19.4. The molecule has 0 N–H and O–H groups in total. The predicted molar refractivity (Wildman–Crippen MR) is 118 cm³/mol. The lowest BCUT2D eigenvalue weighted by atomic mass is 9.84. The number of para-hydroxylation sites is 1. The van der Waals surface area contributed by atoms with Crippen LogP contribution in [-0.2, 0) is 10.8 Å². The zero-order valence-electron chi connectivity index (χ0n) is 17.3. The summed E-state index contributed by atoms with van der Waals surface area (Å²) in [5, 5.41) is 2.71. The van der Waals surface area contributed by atoms with Crippen molar-refractivity contribution in [2.75, 3.05) is 0 Å². The fraction of sp³-hybridized carbons (Fsp3) is 0.308. The van der Waals surface area contributed by atoms with Crippen molar-refractivity contribution < 1.29 is 0 Å².